The molecule has 0 saturated heterocycles. The fourth-order valence-electron chi connectivity index (χ4n) is 1.80. The van der Waals surface area contributed by atoms with Gasteiger partial charge in [0.25, 0.3) is 0 Å². The highest BCUT2D eigenvalue weighted by molar-refractivity contribution is 9.10. The van der Waals surface area contributed by atoms with E-state index < -0.39 is 0 Å². The van der Waals surface area contributed by atoms with Crippen LogP contribution in [0.5, 0.6) is 0 Å². The Morgan fingerprint density at radius 3 is 2.47 bits per heavy atom. The Hall–Kier alpha value is -1.42. The van der Waals surface area contributed by atoms with Crippen molar-refractivity contribution in [3.05, 3.63) is 40.5 Å². The summed E-state index contributed by atoms with van der Waals surface area (Å²) in [7, 11) is 0. The summed E-state index contributed by atoms with van der Waals surface area (Å²) in [4.78, 5) is 8.88. The van der Waals surface area contributed by atoms with Gasteiger partial charge in [0.1, 0.15) is 5.82 Å². The molecule has 86 valence electrons. The van der Waals surface area contributed by atoms with Crippen molar-refractivity contribution in [2.45, 2.75) is 18.8 Å². The average Bonchev–Trinajstić information content (AvgIpc) is 3.13. The van der Waals surface area contributed by atoms with E-state index in [4.69, 9.17) is 5.73 Å². The molecule has 0 radical (unpaired) electrons. The molecule has 0 aliphatic heterocycles. The summed E-state index contributed by atoms with van der Waals surface area (Å²) in [6.07, 6.45) is 2.44. The number of hydrogen-bond donors (Lipinski definition) is 1. The highest BCUT2D eigenvalue weighted by atomic mass is 79.9. The second-order valence-electron chi connectivity index (χ2n) is 4.32. The first-order valence-corrected chi connectivity index (χ1v) is 6.42. The van der Waals surface area contributed by atoms with Gasteiger partial charge in [-0.2, -0.15) is 0 Å². The first-order valence-electron chi connectivity index (χ1n) is 5.63. The lowest BCUT2D eigenvalue weighted by atomic mass is 10.2. The van der Waals surface area contributed by atoms with Crippen LogP contribution in [-0.4, -0.2) is 9.97 Å². The molecule has 1 aliphatic carbocycles. The molecule has 17 heavy (non-hydrogen) atoms. The summed E-state index contributed by atoms with van der Waals surface area (Å²) >= 11 is 3.41. The van der Waals surface area contributed by atoms with E-state index in [9.17, 15) is 0 Å². The molecule has 4 heteroatoms. The molecule has 1 aromatic heterocycles. The zero-order chi connectivity index (χ0) is 11.8. The summed E-state index contributed by atoms with van der Waals surface area (Å²) in [5, 5.41) is 0. The molecule has 1 heterocycles. The monoisotopic (exact) mass is 289 g/mol. The first kappa shape index (κ1) is 10.7. The van der Waals surface area contributed by atoms with Crippen molar-refractivity contribution in [1.82, 2.24) is 9.97 Å². The van der Waals surface area contributed by atoms with Crippen molar-refractivity contribution in [3.63, 3.8) is 0 Å². The van der Waals surface area contributed by atoms with Crippen molar-refractivity contribution >= 4 is 21.7 Å². The van der Waals surface area contributed by atoms with Crippen LogP contribution in [0.3, 0.4) is 0 Å². The molecule has 1 saturated carbocycles. The van der Waals surface area contributed by atoms with Crippen LogP contribution in [0, 0.1) is 0 Å². The molecule has 2 aromatic rings. The normalized spacial score (nSPS) is 14.9. The third-order valence-electron chi connectivity index (χ3n) is 2.86. The Bertz CT molecular complexity index is 547. The van der Waals surface area contributed by atoms with Crippen molar-refractivity contribution in [3.8, 4) is 11.4 Å². The zero-order valence-electron chi connectivity index (χ0n) is 9.23. The maximum absolute atomic E-state index is 5.83. The third-order valence-corrected chi connectivity index (χ3v) is 3.39. The van der Waals surface area contributed by atoms with Gasteiger partial charge in [-0.1, -0.05) is 28.1 Å². The summed E-state index contributed by atoms with van der Waals surface area (Å²) < 4.78 is 1.05. The minimum absolute atomic E-state index is 0.555. The maximum Gasteiger partial charge on any atom is 0.161 e. The lowest BCUT2D eigenvalue weighted by molar-refractivity contribution is 0.998. The molecule has 0 bridgehead atoms. The predicted octanol–water partition coefficient (Wildman–Crippen LogP) is 3.37. The molecule has 0 spiro atoms. The van der Waals surface area contributed by atoms with Gasteiger partial charge in [-0.05, 0) is 25.0 Å². The Labute approximate surface area is 108 Å². The summed E-state index contributed by atoms with van der Waals surface area (Å²) in [6, 6.07) is 9.85. The summed E-state index contributed by atoms with van der Waals surface area (Å²) in [6.45, 7) is 0. The van der Waals surface area contributed by atoms with Gasteiger partial charge >= 0.3 is 0 Å². The largest absolute Gasteiger partial charge is 0.384 e. The van der Waals surface area contributed by atoms with Gasteiger partial charge in [-0.15, -0.1) is 0 Å². The number of halogens is 1. The maximum atomic E-state index is 5.83. The number of anilines is 1. The van der Waals surface area contributed by atoms with Crippen LogP contribution in [0.2, 0.25) is 0 Å². The highest BCUT2D eigenvalue weighted by Gasteiger charge is 2.26. The number of nitrogens with zero attached hydrogens (tertiary/aromatic N) is 2. The lowest BCUT2D eigenvalue weighted by Crippen LogP contribution is -1.99. The molecule has 3 nitrogen and oxygen atoms in total. The molecule has 1 fully saturated rings. The number of rotatable bonds is 2. The standard InChI is InChI=1S/C13H12BrN3/c14-10-5-3-9(4-6-10)13-16-11(8-1-2-8)7-12(15)17-13/h3-8H,1-2H2,(H2,15,16,17). The number of nitrogens with two attached hydrogens (primary N) is 1. The van der Waals surface area contributed by atoms with Crippen LogP contribution in [0.25, 0.3) is 11.4 Å². The molecular weight excluding hydrogens is 278 g/mol. The molecule has 0 amide bonds. The van der Waals surface area contributed by atoms with E-state index in [1.165, 1.54) is 12.8 Å². The predicted molar refractivity (Wildman–Crippen MR) is 71.6 cm³/mol. The Kier molecular flexibility index (Phi) is 2.59. The van der Waals surface area contributed by atoms with Crippen molar-refractivity contribution < 1.29 is 0 Å². The molecular formula is C13H12BrN3. The fraction of sp³-hybridized carbons (Fsp3) is 0.231. The van der Waals surface area contributed by atoms with E-state index in [-0.39, 0.29) is 0 Å². The third kappa shape index (κ3) is 2.31. The van der Waals surface area contributed by atoms with Gasteiger partial charge in [0.05, 0.1) is 0 Å². The van der Waals surface area contributed by atoms with Gasteiger partial charge in [-0.25, -0.2) is 9.97 Å². The van der Waals surface area contributed by atoms with Crippen molar-refractivity contribution in [2.24, 2.45) is 0 Å². The van der Waals surface area contributed by atoms with Crippen LogP contribution in [0.15, 0.2) is 34.8 Å². The van der Waals surface area contributed by atoms with Gasteiger partial charge in [-0.3, -0.25) is 0 Å². The van der Waals surface area contributed by atoms with Crippen molar-refractivity contribution in [1.29, 1.82) is 0 Å². The zero-order valence-corrected chi connectivity index (χ0v) is 10.8. The van der Waals surface area contributed by atoms with Crippen molar-refractivity contribution in [2.75, 3.05) is 5.73 Å². The second kappa shape index (κ2) is 4.11. The highest BCUT2D eigenvalue weighted by Crippen LogP contribution is 2.39. The van der Waals surface area contributed by atoms with E-state index in [2.05, 4.69) is 25.9 Å². The fourth-order valence-corrected chi connectivity index (χ4v) is 2.07. The molecule has 2 N–H and O–H groups in total. The molecule has 1 aliphatic rings. The number of aromatic nitrogens is 2. The SMILES string of the molecule is Nc1cc(C2CC2)nc(-c2ccc(Br)cc2)n1. The molecule has 3 rings (SSSR count). The minimum atomic E-state index is 0.555. The lowest BCUT2D eigenvalue weighted by Gasteiger charge is -2.05. The van der Waals surface area contributed by atoms with Crippen LogP contribution in [0.1, 0.15) is 24.5 Å². The minimum Gasteiger partial charge on any atom is -0.384 e. The van der Waals surface area contributed by atoms with E-state index >= 15 is 0 Å². The van der Waals surface area contributed by atoms with Gasteiger partial charge in [0.15, 0.2) is 5.82 Å². The molecule has 1 aromatic carbocycles. The quantitative estimate of drug-likeness (QED) is 0.922. The van der Waals surface area contributed by atoms with Crippen LogP contribution >= 0.6 is 15.9 Å². The Morgan fingerprint density at radius 2 is 1.82 bits per heavy atom. The Morgan fingerprint density at radius 1 is 1.12 bits per heavy atom. The van der Waals surface area contributed by atoms with E-state index in [0.717, 1.165) is 21.6 Å². The van der Waals surface area contributed by atoms with Crippen LogP contribution in [-0.2, 0) is 0 Å². The topological polar surface area (TPSA) is 51.8 Å². The van der Waals surface area contributed by atoms with Crippen LogP contribution in [0.4, 0.5) is 5.82 Å². The smallest absolute Gasteiger partial charge is 0.161 e. The van der Waals surface area contributed by atoms with E-state index in [1.807, 2.05) is 30.3 Å². The number of nitrogen functional groups attached to an aromatic ring is 1. The summed E-state index contributed by atoms with van der Waals surface area (Å²) in [5.41, 5.74) is 7.91. The van der Waals surface area contributed by atoms with Crippen LogP contribution < -0.4 is 5.73 Å². The van der Waals surface area contributed by atoms with Gasteiger partial charge in [0.2, 0.25) is 0 Å². The number of hydrogen-bond acceptors (Lipinski definition) is 3. The second-order valence-corrected chi connectivity index (χ2v) is 5.24. The molecule has 0 unspecified atom stereocenters. The number of benzene rings is 1. The Balaban J connectivity index is 2.04. The van der Waals surface area contributed by atoms with Gasteiger partial charge < -0.3 is 5.73 Å². The van der Waals surface area contributed by atoms with E-state index in [1.54, 1.807) is 0 Å². The van der Waals surface area contributed by atoms with E-state index in [0.29, 0.717) is 11.7 Å². The first-order chi connectivity index (χ1) is 8.22. The van der Waals surface area contributed by atoms with Gasteiger partial charge in [0, 0.05) is 27.7 Å². The molecule has 0 atom stereocenters. The summed E-state index contributed by atoms with van der Waals surface area (Å²) in [5.74, 6) is 1.87. The average molecular weight is 290 g/mol.